The summed E-state index contributed by atoms with van der Waals surface area (Å²) < 4.78 is 1.54. The average Bonchev–Trinajstić information content (AvgIpc) is 2.86. The Morgan fingerprint density at radius 1 is 1.23 bits per heavy atom. The molecule has 2 rings (SSSR count). The molecule has 0 radical (unpaired) electrons. The zero-order valence-electron chi connectivity index (χ0n) is 12.6. The van der Waals surface area contributed by atoms with E-state index in [0.29, 0.717) is 5.69 Å². The summed E-state index contributed by atoms with van der Waals surface area (Å²) in [6.45, 7) is 5.17. The van der Waals surface area contributed by atoms with Gasteiger partial charge in [-0.05, 0) is 25.0 Å². The number of rotatable bonds is 5. The van der Waals surface area contributed by atoms with Gasteiger partial charge in [0.15, 0.2) is 5.69 Å². The molecule has 1 aromatic heterocycles. The van der Waals surface area contributed by atoms with E-state index in [0.717, 1.165) is 5.69 Å². The van der Waals surface area contributed by atoms with Crippen LogP contribution in [0.4, 0.5) is 0 Å². The highest BCUT2D eigenvalue weighted by Gasteiger charge is 2.26. The second-order valence-electron chi connectivity index (χ2n) is 5.30. The van der Waals surface area contributed by atoms with Gasteiger partial charge in [-0.2, -0.15) is 0 Å². The van der Waals surface area contributed by atoms with Crippen molar-refractivity contribution in [2.45, 2.75) is 26.8 Å². The predicted octanol–water partition coefficient (Wildman–Crippen LogP) is 1.41. The van der Waals surface area contributed by atoms with Crippen LogP contribution in [-0.4, -0.2) is 38.0 Å². The van der Waals surface area contributed by atoms with E-state index in [1.54, 1.807) is 25.5 Å². The lowest BCUT2D eigenvalue weighted by atomic mass is 10.0. The first-order valence-corrected chi connectivity index (χ1v) is 6.93. The van der Waals surface area contributed by atoms with Crippen LogP contribution in [0.1, 0.15) is 30.0 Å². The molecule has 2 aromatic rings. The van der Waals surface area contributed by atoms with Crippen LogP contribution in [0.5, 0.6) is 0 Å². The normalized spacial score (nSPS) is 12.2. The topological polar surface area (TPSA) is 97.1 Å². The average molecular weight is 302 g/mol. The van der Waals surface area contributed by atoms with E-state index < -0.39 is 17.9 Å². The zero-order chi connectivity index (χ0) is 16.3. The van der Waals surface area contributed by atoms with Gasteiger partial charge >= 0.3 is 5.97 Å². The van der Waals surface area contributed by atoms with Gasteiger partial charge < -0.3 is 10.4 Å². The first kappa shape index (κ1) is 15.7. The number of hydrogen-bond acceptors (Lipinski definition) is 4. The number of nitrogens with one attached hydrogen (secondary N) is 1. The SMILES string of the molecule is Cc1c(C(=O)N[C@H](C(=O)O)C(C)C)nnn1-c1ccccc1. The van der Waals surface area contributed by atoms with Gasteiger partial charge in [0.25, 0.3) is 5.91 Å². The first-order chi connectivity index (χ1) is 10.4. The maximum Gasteiger partial charge on any atom is 0.326 e. The van der Waals surface area contributed by atoms with Crippen LogP contribution in [0.15, 0.2) is 30.3 Å². The van der Waals surface area contributed by atoms with Gasteiger partial charge in [-0.15, -0.1) is 5.10 Å². The van der Waals surface area contributed by atoms with Crippen molar-refractivity contribution in [2.24, 2.45) is 5.92 Å². The van der Waals surface area contributed by atoms with Crippen LogP contribution in [0.25, 0.3) is 5.69 Å². The summed E-state index contributed by atoms with van der Waals surface area (Å²) in [4.78, 5) is 23.4. The molecule has 0 fully saturated rings. The Hall–Kier alpha value is -2.70. The third kappa shape index (κ3) is 3.13. The Kier molecular flexibility index (Phi) is 4.55. The molecule has 1 aromatic carbocycles. The van der Waals surface area contributed by atoms with Crippen molar-refractivity contribution in [3.63, 3.8) is 0 Å². The molecule has 22 heavy (non-hydrogen) atoms. The third-order valence-corrected chi connectivity index (χ3v) is 3.33. The van der Waals surface area contributed by atoms with Gasteiger partial charge in [-0.25, -0.2) is 9.48 Å². The van der Waals surface area contributed by atoms with Crippen LogP contribution in [0.2, 0.25) is 0 Å². The fourth-order valence-electron chi connectivity index (χ4n) is 2.08. The summed E-state index contributed by atoms with van der Waals surface area (Å²) >= 11 is 0. The number of aromatic nitrogens is 3. The molecular weight excluding hydrogens is 284 g/mol. The molecular formula is C15H18N4O3. The van der Waals surface area contributed by atoms with Crippen molar-refractivity contribution in [3.8, 4) is 5.69 Å². The van der Waals surface area contributed by atoms with Crippen LogP contribution >= 0.6 is 0 Å². The maximum absolute atomic E-state index is 12.2. The smallest absolute Gasteiger partial charge is 0.326 e. The monoisotopic (exact) mass is 302 g/mol. The number of carbonyl (C=O) groups excluding carboxylic acids is 1. The van der Waals surface area contributed by atoms with Crippen LogP contribution in [0, 0.1) is 12.8 Å². The van der Waals surface area contributed by atoms with Crippen molar-refractivity contribution in [1.29, 1.82) is 0 Å². The summed E-state index contributed by atoms with van der Waals surface area (Å²) in [5, 5.41) is 19.5. The van der Waals surface area contributed by atoms with E-state index in [2.05, 4.69) is 15.6 Å². The second-order valence-corrected chi connectivity index (χ2v) is 5.30. The maximum atomic E-state index is 12.2. The standard InChI is InChI=1S/C15H18N4O3/c1-9(2)12(15(21)22)16-14(20)13-10(3)19(18-17-13)11-7-5-4-6-8-11/h4-9,12H,1-3H3,(H,16,20)(H,21,22)/t12-/m0/s1. The number of amides is 1. The molecule has 0 saturated carbocycles. The highest BCUT2D eigenvalue weighted by atomic mass is 16.4. The van der Waals surface area contributed by atoms with Crippen LogP contribution in [0.3, 0.4) is 0 Å². The number of benzene rings is 1. The molecule has 0 unspecified atom stereocenters. The largest absolute Gasteiger partial charge is 0.480 e. The number of aliphatic carboxylic acids is 1. The lowest BCUT2D eigenvalue weighted by molar-refractivity contribution is -0.140. The minimum atomic E-state index is -1.07. The molecule has 7 nitrogen and oxygen atoms in total. The summed E-state index contributed by atoms with van der Waals surface area (Å²) in [5.41, 5.74) is 1.46. The Labute approximate surface area is 128 Å². The van der Waals surface area contributed by atoms with Gasteiger partial charge in [0.2, 0.25) is 0 Å². The van der Waals surface area contributed by atoms with Crippen LogP contribution < -0.4 is 5.32 Å². The summed E-state index contributed by atoms with van der Waals surface area (Å²) in [6, 6.07) is 8.32. The number of nitrogens with zero attached hydrogens (tertiary/aromatic N) is 3. The fourth-order valence-corrected chi connectivity index (χ4v) is 2.08. The molecule has 116 valence electrons. The summed E-state index contributed by atoms with van der Waals surface area (Å²) in [7, 11) is 0. The van der Waals surface area contributed by atoms with Crippen molar-refractivity contribution < 1.29 is 14.7 Å². The number of hydrogen-bond donors (Lipinski definition) is 2. The van der Waals surface area contributed by atoms with Crippen molar-refractivity contribution in [3.05, 3.63) is 41.7 Å². The molecule has 0 saturated heterocycles. The van der Waals surface area contributed by atoms with Gasteiger partial charge in [-0.1, -0.05) is 37.3 Å². The van der Waals surface area contributed by atoms with Crippen molar-refractivity contribution in [1.82, 2.24) is 20.3 Å². The highest BCUT2D eigenvalue weighted by Crippen LogP contribution is 2.12. The quantitative estimate of drug-likeness (QED) is 0.870. The minimum absolute atomic E-state index is 0.121. The molecule has 0 spiro atoms. The van der Waals surface area contributed by atoms with Crippen molar-refractivity contribution in [2.75, 3.05) is 0 Å². The van der Waals surface area contributed by atoms with Gasteiger partial charge in [0.05, 0.1) is 11.4 Å². The second kappa shape index (κ2) is 6.38. The molecule has 0 aliphatic carbocycles. The predicted molar refractivity (Wildman–Crippen MR) is 79.8 cm³/mol. The van der Waals surface area contributed by atoms with E-state index >= 15 is 0 Å². The van der Waals surface area contributed by atoms with E-state index in [1.807, 2.05) is 30.3 Å². The first-order valence-electron chi connectivity index (χ1n) is 6.93. The Morgan fingerprint density at radius 2 is 1.86 bits per heavy atom. The third-order valence-electron chi connectivity index (χ3n) is 3.33. The van der Waals surface area contributed by atoms with E-state index in [4.69, 9.17) is 5.11 Å². The van der Waals surface area contributed by atoms with Crippen molar-refractivity contribution >= 4 is 11.9 Å². The molecule has 1 atom stereocenters. The highest BCUT2D eigenvalue weighted by molar-refractivity contribution is 5.95. The Bertz CT molecular complexity index is 679. The molecule has 0 aliphatic heterocycles. The lowest BCUT2D eigenvalue weighted by Crippen LogP contribution is -2.44. The molecule has 1 heterocycles. The number of para-hydroxylation sites is 1. The molecule has 0 bridgehead atoms. The zero-order valence-corrected chi connectivity index (χ0v) is 12.6. The number of carboxylic acids is 1. The minimum Gasteiger partial charge on any atom is -0.480 e. The van der Waals surface area contributed by atoms with Gasteiger partial charge in [-0.3, -0.25) is 4.79 Å². The Morgan fingerprint density at radius 3 is 2.41 bits per heavy atom. The van der Waals surface area contributed by atoms with E-state index in [9.17, 15) is 9.59 Å². The Balaban J connectivity index is 2.25. The van der Waals surface area contributed by atoms with Crippen LogP contribution in [-0.2, 0) is 4.79 Å². The lowest BCUT2D eigenvalue weighted by Gasteiger charge is -2.17. The van der Waals surface area contributed by atoms with E-state index in [-0.39, 0.29) is 11.6 Å². The number of carboxylic acid groups (broad SMARTS) is 1. The van der Waals surface area contributed by atoms with Gasteiger partial charge in [0, 0.05) is 0 Å². The van der Waals surface area contributed by atoms with E-state index in [1.165, 1.54) is 0 Å². The molecule has 2 N–H and O–H groups in total. The fraction of sp³-hybridized carbons (Fsp3) is 0.333. The molecule has 0 aliphatic rings. The summed E-state index contributed by atoms with van der Waals surface area (Å²) in [6.07, 6.45) is 0. The number of carbonyl (C=O) groups is 2. The summed E-state index contributed by atoms with van der Waals surface area (Å²) in [5.74, 6) is -1.84. The molecule has 1 amide bonds. The van der Waals surface area contributed by atoms with Gasteiger partial charge in [0.1, 0.15) is 6.04 Å². The molecule has 7 heteroatoms.